The molecule has 4 nitrogen and oxygen atoms in total. The van der Waals surface area contributed by atoms with Gasteiger partial charge in [-0.2, -0.15) is 0 Å². The summed E-state index contributed by atoms with van der Waals surface area (Å²) in [5.41, 5.74) is 2.41. The second-order valence-corrected chi connectivity index (χ2v) is 5.84. The molecule has 1 atom stereocenters. The van der Waals surface area contributed by atoms with Crippen molar-refractivity contribution in [3.63, 3.8) is 0 Å². The highest BCUT2D eigenvalue weighted by Crippen LogP contribution is 2.29. The van der Waals surface area contributed by atoms with Crippen molar-refractivity contribution in [2.45, 2.75) is 19.0 Å². The first-order chi connectivity index (χ1) is 9.79. The van der Waals surface area contributed by atoms with Crippen molar-refractivity contribution in [1.82, 2.24) is 15.2 Å². The van der Waals surface area contributed by atoms with Crippen LogP contribution in [0.2, 0.25) is 0 Å². The number of amides is 1. The summed E-state index contributed by atoms with van der Waals surface area (Å²) >= 11 is 1.66. The number of nitrogens with zero attached hydrogens (tertiary/aromatic N) is 2. The molecule has 2 aromatic heterocycles. The van der Waals surface area contributed by atoms with Crippen molar-refractivity contribution in [3.05, 3.63) is 52.0 Å². The number of nitrogens with one attached hydrogen (secondary N) is 1. The predicted molar refractivity (Wildman–Crippen MR) is 79.5 cm³/mol. The lowest BCUT2D eigenvalue weighted by Gasteiger charge is -2.24. The van der Waals surface area contributed by atoms with E-state index in [2.05, 4.69) is 21.7 Å². The number of thiophene rings is 1. The fourth-order valence-electron chi connectivity index (χ4n) is 2.59. The molecule has 20 heavy (non-hydrogen) atoms. The molecule has 1 aliphatic heterocycles. The van der Waals surface area contributed by atoms with Gasteiger partial charge in [-0.25, -0.2) is 0 Å². The van der Waals surface area contributed by atoms with Gasteiger partial charge in [-0.1, -0.05) is 0 Å². The number of hydrogen-bond acceptors (Lipinski definition) is 4. The minimum absolute atomic E-state index is 0.158. The molecule has 1 unspecified atom stereocenters. The molecule has 3 rings (SSSR count). The standard InChI is InChI=1S/C15H17N3OS/c1-16-13-14-12(5-9-20-14)4-8-18(15(13)19)10-11-2-6-17-7-3-11/h2-3,5-7,9,13,16H,4,8,10H2,1H3. The maximum atomic E-state index is 12.7. The summed E-state index contributed by atoms with van der Waals surface area (Å²) in [5, 5.41) is 5.23. The smallest absolute Gasteiger partial charge is 0.245 e. The average Bonchev–Trinajstić information content (AvgIpc) is 2.89. The Balaban J connectivity index is 1.84. The van der Waals surface area contributed by atoms with Crippen molar-refractivity contribution in [1.29, 1.82) is 0 Å². The van der Waals surface area contributed by atoms with Crippen LogP contribution in [0.5, 0.6) is 0 Å². The number of likely N-dealkylation sites (N-methyl/N-ethyl adjacent to an activating group) is 1. The van der Waals surface area contributed by atoms with E-state index in [0.717, 1.165) is 23.4 Å². The minimum atomic E-state index is -0.214. The van der Waals surface area contributed by atoms with E-state index < -0.39 is 0 Å². The van der Waals surface area contributed by atoms with Crippen molar-refractivity contribution < 1.29 is 4.79 Å². The summed E-state index contributed by atoms with van der Waals surface area (Å²) in [5.74, 6) is 0.158. The van der Waals surface area contributed by atoms with Crippen LogP contribution in [0.3, 0.4) is 0 Å². The summed E-state index contributed by atoms with van der Waals surface area (Å²) in [6.07, 6.45) is 4.46. The monoisotopic (exact) mass is 287 g/mol. The summed E-state index contributed by atoms with van der Waals surface area (Å²) < 4.78 is 0. The Labute approximate surface area is 122 Å². The predicted octanol–water partition coefficient (Wildman–Crippen LogP) is 1.99. The fourth-order valence-corrected chi connectivity index (χ4v) is 3.64. The zero-order chi connectivity index (χ0) is 13.9. The summed E-state index contributed by atoms with van der Waals surface area (Å²) in [6.45, 7) is 1.41. The van der Waals surface area contributed by atoms with Crippen LogP contribution in [-0.2, 0) is 17.8 Å². The molecule has 0 saturated heterocycles. The molecule has 0 bridgehead atoms. The molecular weight excluding hydrogens is 270 g/mol. The van der Waals surface area contributed by atoms with Gasteiger partial charge in [0.1, 0.15) is 6.04 Å². The zero-order valence-corrected chi connectivity index (χ0v) is 12.2. The van der Waals surface area contributed by atoms with Gasteiger partial charge in [0, 0.05) is 30.4 Å². The van der Waals surface area contributed by atoms with E-state index in [-0.39, 0.29) is 11.9 Å². The van der Waals surface area contributed by atoms with Crippen LogP contribution >= 0.6 is 11.3 Å². The highest BCUT2D eigenvalue weighted by Gasteiger charge is 2.30. The largest absolute Gasteiger partial charge is 0.336 e. The van der Waals surface area contributed by atoms with Crippen LogP contribution < -0.4 is 5.32 Å². The van der Waals surface area contributed by atoms with Crippen molar-refractivity contribution in [2.75, 3.05) is 13.6 Å². The van der Waals surface area contributed by atoms with Gasteiger partial charge in [0.15, 0.2) is 0 Å². The SMILES string of the molecule is CNC1C(=O)N(Cc2ccncc2)CCc2ccsc21. The second-order valence-electron chi connectivity index (χ2n) is 4.90. The molecule has 0 spiro atoms. The molecule has 1 amide bonds. The number of hydrogen-bond donors (Lipinski definition) is 1. The molecule has 2 aromatic rings. The van der Waals surface area contributed by atoms with Crippen LogP contribution in [0.1, 0.15) is 22.0 Å². The molecule has 5 heteroatoms. The topological polar surface area (TPSA) is 45.2 Å². The maximum absolute atomic E-state index is 12.7. The molecule has 0 fully saturated rings. The maximum Gasteiger partial charge on any atom is 0.245 e. The first-order valence-electron chi connectivity index (χ1n) is 6.71. The van der Waals surface area contributed by atoms with Gasteiger partial charge in [-0.05, 0) is 48.2 Å². The van der Waals surface area contributed by atoms with Gasteiger partial charge in [0.25, 0.3) is 0 Å². The number of carbonyl (C=O) groups excluding carboxylic acids is 1. The summed E-state index contributed by atoms with van der Waals surface area (Å²) in [6, 6.07) is 5.84. The van der Waals surface area contributed by atoms with Crippen molar-refractivity contribution >= 4 is 17.2 Å². The number of pyridine rings is 1. The van der Waals surface area contributed by atoms with Crippen LogP contribution in [0.4, 0.5) is 0 Å². The lowest BCUT2D eigenvalue weighted by molar-refractivity contribution is -0.133. The van der Waals surface area contributed by atoms with Crippen LogP contribution in [0, 0.1) is 0 Å². The van der Waals surface area contributed by atoms with Crippen LogP contribution in [-0.4, -0.2) is 29.4 Å². The van der Waals surface area contributed by atoms with E-state index in [9.17, 15) is 4.79 Å². The first kappa shape index (κ1) is 13.3. The Morgan fingerprint density at radius 2 is 2.20 bits per heavy atom. The number of rotatable bonds is 3. The van der Waals surface area contributed by atoms with Crippen LogP contribution in [0.25, 0.3) is 0 Å². The number of carbonyl (C=O) groups is 1. The number of aromatic nitrogens is 1. The first-order valence-corrected chi connectivity index (χ1v) is 7.59. The van der Waals surface area contributed by atoms with Gasteiger partial charge >= 0.3 is 0 Å². The normalized spacial score (nSPS) is 18.8. The number of fused-ring (bicyclic) bond motifs is 1. The average molecular weight is 287 g/mol. The van der Waals surface area contributed by atoms with Crippen molar-refractivity contribution in [2.24, 2.45) is 0 Å². The summed E-state index contributed by atoms with van der Waals surface area (Å²) in [4.78, 5) is 19.8. The highest BCUT2D eigenvalue weighted by molar-refractivity contribution is 7.10. The second kappa shape index (κ2) is 5.73. The van der Waals surface area contributed by atoms with Gasteiger partial charge in [-0.3, -0.25) is 9.78 Å². The van der Waals surface area contributed by atoms with E-state index in [0.29, 0.717) is 6.54 Å². The van der Waals surface area contributed by atoms with Gasteiger partial charge in [-0.15, -0.1) is 11.3 Å². The van der Waals surface area contributed by atoms with Crippen LogP contribution in [0.15, 0.2) is 36.0 Å². The van der Waals surface area contributed by atoms with E-state index in [4.69, 9.17) is 0 Å². The van der Waals surface area contributed by atoms with E-state index in [1.54, 1.807) is 23.7 Å². The van der Waals surface area contributed by atoms with E-state index >= 15 is 0 Å². The third-order valence-electron chi connectivity index (χ3n) is 3.66. The highest BCUT2D eigenvalue weighted by atomic mass is 32.1. The Morgan fingerprint density at radius 1 is 1.40 bits per heavy atom. The Bertz CT molecular complexity index is 596. The third kappa shape index (κ3) is 2.46. The van der Waals surface area contributed by atoms with Gasteiger partial charge in [0.2, 0.25) is 5.91 Å². The fraction of sp³-hybridized carbons (Fsp3) is 0.333. The summed E-state index contributed by atoms with van der Waals surface area (Å²) in [7, 11) is 1.85. The van der Waals surface area contributed by atoms with Gasteiger partial charge < -0.3 is 10.2 Å². The molecule has 0 saturated carbocycles. The third-order valence-corrected chi connectivity index (χ3v) is 4.69. The van der Waals surface area contributed by atoms with E-state index in [1.165, 1.54) is 5.56 Å². The molecule has 3 heterocycles. The molecule has 104 valence electrons. The lowest BCUT2D eigenvalue weighted by Crippen LogP contribution is -2.38. The molecule has 0 aliphatic carbocycles. The van der Waals surface area contributed by atoms with Gasteiger partial charge in [0.05, 0.1) is 0 Å². The quantitative estimate of drug-likeness (QED) is 0.939. The molecule has 0 aromatic carbocycles. The Hall–Kier alpha value is -1.72. The molecule has 1 aliphatic rings. The lowest BCUT2D eigenvalue weighted by atomic mass is 10.1. The Morgan fingerprint density at radius 3 is 2.95 bits per heavy atom. The van der Waals surface area contributed by atoms with Crippen molar-refractivity contribution in [3.8, 4) is 0 Å². The van der Waals surface area contributed by atoms with E-state index in [1.807, 2.05) is 24.1 Å². The minimum Gasteiger partial charge on any atom is -0.336 e. The molecule has 1 N–H and O–H groups in total. The zero-order valence-electron chi connectivity index (χ0n) is 11.4. The molecular formula is C15H17N3OS. The Kier molecular flexibility index (Phi) is 3.80. The molecule has 0 radical (unpaired) electrons.